The lowest BCUT2D eigenvalue weighted by Crippen LogP contribution is -2.51. The number of aromatic nitrogens is 1. The van der Waals surface area contributed by atoms with Crippen molar-refractivity contribution >= 4 is 11.9 Å². The van der Waals surface area contributed by atoms with Crippen molar-refractivity contribution in [3.05, 3.63) is 65.2 Å². The highest BCUT2D eigenvalue weighted by molar-refractivity contribution is 6.27. The van der Waals surface area contributed by atoms with Gasteiger partial charge in [-0.3, -0.25) is 4.98 Å². The summed E-state index contributed by atoms with van der Waals surface area (Å²) >= 11 is 0. The predicted octanol–water partition coefficient (Wildman–Crippen LogP) is 3.12. The summed E-state index contributed by atoms with van der Waals surface area (Å²) in [5.74, 6) is -3.92. The molecule has 0 amide bonds. The Balaban J connectivity index is 0.000000455. The summed E-state index contributed by atoms with van der Waals surface area (Å²) in [6.45, 7) is 3.18. The molecule has 1 atom stereocenters. The number of nitrogens with one attached hydrogen (secondary N) is 1. The molecule has 2 saturated heterocycles. The van der Waals surface area contributed by atoms with Crippen molar-refractivity contribution in [2.75, 3.05) is 26.4 Å². The number of carboxylic acids is 2. The number of hydrogen-bond acceptors (Lipinski definition) is 6. The average Bonchev–Trinajstić information content (AvgIpc) is 3.28. The van der Waals surface area contributed by atoms with E-state index in [9.17, 15) is 4.39 Å². The van der Waals surface area contributed by atoms with Gasteiger partial charge in [0.25, 0.3) is 0 Å². The monoisotopic (exact) mass is 500 g/mol. The van der Waals surface area contributed by atoms with Gasteiger partial charge in [-0.25, -0.2) is 14.0 Å². The number of carbonyl (C=O) groups is 2. The van der Waals surface area contributed by atoms with Crippen LogP contribution in [-0.4, -0.2) is 65.1 Å². The normalized spacial score (nSPS) is 22.9. The third kappa shape index (κ3) is 6.27. The highest BCUT2D eigenvalue weighted by Crippen LogP contribution is 2.47. The van der Waals surface area contributed by atoms with Crippen LogP contribution in [0.2, 0.25) is 0 Å². The van der Waals surface area contributed by atoms with Crippen LogP contribution in [0.3, 0.4) is 0 Å². The molecule has 1 aromatic heterocycles. The van der Waals surface area contributed by atoms with Gasteiger partial charge in [0, 0.05) is 37.0 Å². The van der Waals surface area contributed by atoms with Crippen LogP contribution >= 0.6 is 0 Å². The fourth-order valence-electron chi connectivity index (χ4n) is 5.75. The van der Waals surface area contributed by atoms with Crippen molar-refractivity contribution in [3.8, 4) is 0 Å². The zero-order valence-corrected chi connectivity index (χ0v) is 20.2. The largest absolute Gasteiger partial charge is 0.473 e. The number of benzene rings is 1. The molecule has 0 unspecified atom stereocenters. The van der Waals surface area contributed by atoms with E-state index in [-0.39, 0.29) is 16.8 Å². The number of rotatable bonds is 5. The Kier molecular flexibility index (Phi) is 8.33. The topological polar surface area (TPSA) is 118 Å². The molecule has 36 heavy (non-hydrogen) atoms. The Morgan fingerprint density at radius 1 is 1.00 bits per heavy atom. The average molecular weight is 501 g/mol. The van der Waals surface area contributed by atoms with Gasteiger partial charge >= 0.3 is 11.9 Å². The maximum absolute atomic E-state index is 13.6. The predicted molar refractivity (Wildman–Crippen MR) is 129 cm³/mol. The van der Waals surface area contributed by atoms with Crippen molar-refractivity contribution in [2.24, 2.45) is 0 Å². The summed E-state index contributed by atoms with van der Waals surface area (Å²) in [5, 5.41) is 18.6. The molecule has 8 nitrogen and oxygen atoms in total. The molecule has 0 saturated carbocycles. The molecule has 0 bridgehead atoms. The van der Waals surface area contributed by atoms with Crippen LogP contribution in [0.15, 0.2) is 42.6 Å². The second-order valence-corrected chi connectivity index (χ2v) is 9.90. The van der Waals surface area contributed by atoms with Gasteiger partial charge in [0.05, 0.1) is 11.8 Å². The number of pyridine rings is 1. The summed E-state index contributed by atoms with van der Waals surface area (Å²) in [5.41, 5.74) is 3.74. The Morgan fingerprint density at radius 2 is 1.67 bits per heavy atom. The minimum Gasteiger partial charge on any atom is -0.473 e. The van der Waals surface area contributed by atoms with Crippen molar-refractivity contribution in [1.82, 2.24) is 10.3 Å². The van der Waals surface area contributed by atoms with Crippen LogP contribution in [0.25, 0.3) is 0 Å². The maximum Gasteiger partial charge on any atom is 0.414 e. The summed E-state index contributed by atoms with van der Waals surface area (Å²) in [7, 11) is 0. The SMILES string of the molecule is Fc1ccc([C@]2(CCNC3Cc4ccccc4C3)CCOC3(CCOCC3)C2)nc1.O=C(O)C(=O)O. The summed E-state index contributed by atoms with van der Waals surface area (Å²) in [4.78, 5) is 22.7. The number of carboxylic acid groups (broad SMARTS) is 2. The maximum atomic E-state index is 13.6. The van der Waals surface area contributed by atoms with E-state index in [0.717, 1.165) is 77.0 Å². The number of ether oxygens (including phenoxy) is 2. The van der Waals surface area contributed by atoms with Crippen molar-refractivity contribution in [1.29, 1.82) is 0 Å². The van der Waals surface area contributed by atoms with Crippen LogP contribution in [0.4, 0.5) is 4.39 Å². The van der Waals surface area contributed by atoms with Crippen LogP contribution in [0.1, 0.15) is 48.9 Å². The van der Waals surface area contributed by atoms with Gasteiger partial charge in [-0.1, -0.05) is 24.3 Å². The molecule has 194 valence electrons. The first kappa shape index (κ1) is 26.2. The summed E-state index contributed by atoms with van der Waals surface area (Å²) in [6, 6.07) is 12.7. The molecule has 3 aliphatic rings. The van der Waals surface area contributed by atoms with Gasteiger partial charge < -0.3 is 25.0 Å². The first-order valence-corrected chi connectivity index (χ1v) is 12.4. The molecule has 3 heterocycles. The highest BCUT2D eigenvalue weighted by atomic mass is 19.1. The first-order valence-electron chi connectivity index (χ1n) is 12.4. The van der Waals surface area contributed by atoms with E-state index < -0.39 is 11.9 Å². The van der Waals surface area contributed by atoms with Gasteiger partial charge in [-0.15, -0.1) is 0 Å². The van der Waals surface area contributed by atoms with Crippen molar-refractivity contribution in [3.63, 3.8) is 0 Å². The first-order chi connectivity index (χ1) is 17.3. The molecule has 1 aliphatic carbocycles. The third-order valence-electron chi connectivity index (χ3n) is 7.59. The Morgan fingerprint density at radius 3 is 2.25 bits per heavy atom. The van der Waals surface area contributed by atoms with Crippen LogP contribution in [0.5, 0.6) is 0 Å². The highest BCUT2D eigenvalue weighted by Gasteiger charge is 2.48. The number of nitrogens with zero attached hydrogens (tertiary/aromatic N) is 1. The fourth-order valence-corrected chi connectivity index (χ4v) is 5.75. The van der Waals surface area contributed by atoms with E-state index in [1.165, 1.54) is 17.3 Å². The summed E-state index contributed by atoms with van der Waals surface area (Å²) in [6.07, 6.45) is 8.29. The lowest BCUT2D eigenvalue weighted by atomic mass is 9.66. The molecule has 0 radical (unpaired) electrons. The van der Waals surface area contributed by atoms with E-state index in [1.54, 1.807) is 6.07 Å². The molecule has 3 N–H and O–H groups in total. The molecule has 1 aromatic carbocycles. The minimum atomic E-state index is -1.82. The summed E-state index contributed by atoms with van der Waals surface area (Å²) < 4.78 is 25.5. The lowest BCUT2D eigenvalue weighted by molar-refractivity contribution is -0.159. The minimum absolute atomic E-state index is 0.0816. The lowest BCUT2D eigenvalue weighted by Gasteiger charge is -2.49. The van der Waals surface area contributed by atoms with Gasteiger partial charge in [-0.2, -0.15) is 0 Å². The standard InChI is InChI=1S/C25H31FN2O2.C2H2O4/c26-21-5-6-23(28-17-21)24(8-14-30-25(18-24)9-12-29-13-10-25)7-11-27-22-15-19-3-1-2-4-20(19)16-22;3-1(4)2(5)6/h1-6,17,22,27H,7-16,18H2;(H,3,4)(H,5,6)/t24-;/m1./s1. The quantitative estimate of drug-likeness (QED) is 0.536. The number of fused-ring (bicyclic) bond motifs is 1. The zero-order valence-electron chi connectivity index (χ0n) is 20.2. The molecular formula is C27H33FN2O6. The Labute approximate surface area is 209 Å². The third-order valence-corrected chi connectivity index (χ3v) is 7.59. The van der Waals surface area contributed by atoms with Gasteiger partial charge in [0.2, 0.25) is 0 Å². The van der Waals surface area contributed by atoms with Crippen LogP contribution in [-0.2, 0) is 37.3 Å². The van der Waals surface area contributed by atoms with E-state index in [0.29, 0.717) is 6.04 Å². The second kappa shape index (κ2) is 11.5. The van der Waals surface area contributed by atoms with E-state index in [1.807, 2.05) is 6.07 Å². The van der Waals surface area contributed by atoms with E-state index in [4.69, 9.17) is 29.3 Å². The van der Waals surface area contributed by atoms with Crippen molar-refractivity contribution < 1.29 is 33.7 Å². The van der Waals surface area contributed by atoms with Crippen LogP contribution < -0.4 is 5.32 Å². The molecule has 5 rings (SSSR count). The Bertz CT molecular complexity index is 1010. The molecule has 1 spiro atoms. The molecule has 2 fully saturated rings. The molecule has 2 aliphatic heterocycles. The van der Waals surface area contributed by atoms with Gasteiger partial charge in [0.1, 0.15) is 5.82 Å². The fraction of sp³-hybridized carbons (Fsp3) is 0.519. The molecule has 2 aromatic rings. The van der Waals surface area contributed by atoms with Gasteiger partial charge in [-0.05, 0) is 74.8 Å². The van der Waals surface area contributed by atoms with Crippen LogP contribution in [0, 0.1) is 5.82 Å². The smallest absolute Gasteiger partial charge is 0.414 e. The Hall–Kier alpha value is -2.88. The number of aliphatic carboxylic acids is 2. The number of halogens is 1. The molecule has 9 heteroatoms. The van der Waals surface area contributed by atoms with Gasteiger partial charge in [0.15, 0.2) is 0 Å². The van der Waals surface area contributed by atoms with E-state index >= 15 is 0 Å². The van der Waals surface area contributed by atoms with E-state index in [2.05, 4.69) is 34.6 Å². The molecular weight excluding hydrogens is 467 g/mol. The van der Waals surface area contributed by atoms with Crippen molar-refractivity contribution in [2.45, 2.75) is 62.0 Å². The number of hydrogen-bond donors (Lipinski definition) is 3. The second-order valence-electron chi connectivity index (χ2n) is 9.90. The zero-order chi connectivity index (χ0) is 25.6.